The Morgan fingerprint density at radius 1 is 1.27 bits per heavy atom. The second-order valence-electron chi connectivity index (χ2n) is 4.67. The zero-order chi connectivity index (χ0) is 16.3. The van der Waals surface area contributed by atoms with Crippen LogP contribution in [-0.2, 0) is 12.7 Å². The summed E-state index contributed by atoms with van der Waals surface area (Å²) >= 11 is 0. The number of amides is 2. The third kappa shape index (κ3) is 3.74. The summed E-state index contributed by atoms with van der Waals surface area (Å²) in [6.45, 7) is 0.303. The number of hydrogen-bond acceptors (Lipinski definition) is 4. The van der Waals surface area contributed by atoms with Gasteiger partial charge in [-0.05, 0) is 5.56 Å². The minimum atomic E-state index is -4.67. The lowest BCUT2D eigenvalue weighted by molar-refractivity contribution is -0.159. The molecule has 1 N–H and O–H groups in total. The Hall–Kier alpha value is -2.58. The van der Waals surface area contributed by atoms with Gasteiger partial charge in [-0.25, -0.2) is 4.79 Å². The van der Waals surface area contributed by atoms with Crippen LogP contribution in [0, 0.1) is 0 Å². The first-order chi connectivity index (χ1) is 10.3. The molecular formula is C13H13F3N4O2. The fourth-order valence-electron chi connectivity index (χ4n) is 1.56. The third-order valence-corrected chi connectivity index (χ3v) is 2.73. The molecule has 0 bridgehead atoms. The van der Waals surface area contributed by atoms with E-state index in [0.717, 1.165) is 5.56 Å². The molecule has 1 aromatic carbocycles. The largest absolute Gasteiger partial charge is 0.471 e. The van der Waals surface area contributed by atoms with E-state index in [2.05, 4.69) is 20.0 Å². The van der Waals surface area contributed by atoms with E-state index in [4.69, 9.17) is 0 Å². The van der Waals surface area contributed by atoms with Crippen LogP contribution in [0.4, 0.5) is 18.0 Å². The molecule has 0 radical (unpaired) electrons. The minimum Gasteiger partial charge on any atom is -0.334 e. The van der Waals surface area contributed by atoms with Gasteiger partial charge in [0.05, 0.1) is 0 Å². The number of alkyl halides is 3. The van der Waals surface area contributed by atoms with Gasteiger partial charge in [-0.2, -0.15) is 18.2 Å². The Morgan fingerprint density at radius 2 is 1.91 bits per heavy atom. The molecule has 0 saturated carbocycles. The number of nitrogens with one attached hydrogen (secondary N) is 1. The summed E-state index contributed by atoms with van der Waals surface area (Å²) in [4.78, 5) is 16.1. The number of rotatable bonds is 3. The molecule has 2 rings (SSSR count). The Kier molecular flexibility index (Phi) is 4.34. The first-order valence-corrected chi connectivity index (χ1v) is 6.23. The third-order valence-electron chi connectivity index (χ3n) is 2.73. The predicted octanol–water partition coefficient (Wildman–Crippen LogP) is 2.53. The quantitative estimate of drug-likeness (QED) is 0.945. The Balaban J connectivity index is 2.06. The van der Waals surface area contributed by atoms with Crippen molar-refractivity contribution in [2.45, 2.75) is 12.7 Å². The monoisotopic (exact) mass is 314 g/mol. The summed E-state index contributed by atoms with van der Waals surface area (Å²) in [5.41, 5.74) is 1.18. The number of hydrogen-bond donors (Lipinski definition) is 1. The van der Waals surface area contributed by atoms with Gasteiger partial charge in [-0.3, -0.25) is 0 Å². The number of nitrogens with zero attached hydrogens (tertiary/aromatic N) is 3. The highest BCUT2D eigenvalue weighted by Gasteiger charge is 2.38. The van der Waals surface area contributed by atoms with E-state index < -0.39 is 12.1 Å². The number of aromatic nitrogens is 2. The molecule has 1 aromatic heterocycles. The van der Waals surface area contributed by atoms with Gasteiger partial charge in [0, 0.05) is 26.2 Å². The topological polar surface area (TPSA) is 71.3 Å². The maximum atomic E-state index is 12.4. The summed E-state index contributed by atoms with van der Waals surface area (Å²) in [5.74, 6) is -1.53. The molecule has 9 heteroatoms. The number of benzene rings is 1. The van der Waals surface area contributed by atoms with Gasteiger partial charge in [0.15, 0.2) is 0 Å². The SMILES string of the molecule is CN(C)C(=O)NCc1ccc(-c2noc(C(F)(F)F)n2)cc1. The molecule has 118 valence electrons. The van der Waals surface area contributed by atoms with Crippen molar-refractivity contribution >= 4 is 6.03 Å². The van der Waals surface area contributed by atoms with Crippen molar-refractivity contribution in [3.05, 3.63) is 35.7 Å². The van der Waals surface area contributed by atoms with E-state index in [1.54, 1.807) is 38.4 Å². The molecule has 0 fully saturated rings. The summed E-state index contributed by atoms with van der Waals surface area (Å²) in [5, 5.41) is 5.97. The van der Waals surface area contributed by atoms with Crippen LogP contribution < -0.4 is 5.32 Å². The van der Waals surface area contributed by atoms with Crippen LogP contribution in [0.25, 0.3) is 11.4 Å². The van der Waals surface area contributed by atoms with Crippen LogP contribution in [-0.4, -0.2) is 35.2 Å². The molecule has 22 heavy (non-hydrogen) atoms. The molecule has 2 aromatic rings. The molecule has 0 aliphatic rings. The average molecular weight is 314 g/mol. The normalized spacial score (nSPS) is 11.3. The smallest absolute Gasteiger partial charge is 0.334 e. The summed E-state index contributed by atoms with van der Waals surface area (Å²) in [7, 11) is 3.24. The van der Waals surface area contributed by atoms with Gasteiger partial charge >= 0.3 is 18.1 Å². The summed E-state index contributed by atoms with van der Waals surface area (Å²) in [6, 6.07) is 6.20. The lowest BCUT2D eigenvalue weighted by Gasteiger charge is -2.11. The highest BCUT2D eigenvalue weighted by Crippen LogP contribution is 2.29. The predicted molar refractivity (Wildman–Crippen MR) is 70.7 cm³/mol. The number of carbonyl (C=O) groups is 1. The minimum absolute atomic E-state index is 0.142. The van der Waals surface area contributed by atoms with E-state index in [1.807, 2.05) is 0 Å². The van der Waals surface area contributed by atoms with E-state index in [1.165, 1.54) is 4.90 Å². The van der Waals surface area contributed by atoms with Gasteiger partial charge in [-0.15, -0.1) is 0 Å². The van der Waals surface area contributed by atoms with Crippen LogP contribution in [0.2, 0.25) is 0 Å². The van der Waals surface area contributed by atoms with Crippen LogP contribution in [0.15, 0.2) is 28.8 Å². The first kappa shape index (κ1) is 15.8. The Labute approximate surface area is 123 Å². The number of carbonyl (C=O) groups excluding carboxylic acids is 1. The lowest BCUT2D eigenvalue weighted by Crippen LogP contribution is -2.33. The Morgan fingerprint density at radius 3 is 2.41 bits per heavy atom. The van der Waals surface area contributed by atoms with Crippen molar-refractivity contribution in [2.75, 3.05) is 14.1 Å². The van der Waals surface area contributed by atoms with E-state index >= 15 is 0 Å². The zero-order valence-corrected chi connectivity index (χ0v) is 11.8. The lowest BCUT2D eigenvalue weighted by atomic mass is 10.1. The molecule has 0 spiro atoms. The first-order valence-electron chi connectivity index (χ1n) is 6.23. The fourth-order valence-corrected chi connectivity index (χ4v) is 1.56. The molecule has 0 aliphatic heterocycles. The van der Waals surface area contributed by atoms with Gasteiger partial charge < -0.3 is 14.7 Å². The van der Waals surface area contributed by atoms with E-state index in [-0.39, 0.29) is 11.9 Å². The van der Waals surface area contributed by atoms with E-state index in [9.17, 15) is 18.0 Å². The maximum Gasteiger partial charge on any atom is 0.471 e. The molecule has 6 nitrogen and oxygen atoms in total. The van der Waals surface area contributed by atoms with Gasteiger partial charge in [0.1, 0.15) is 0 Å². The molecule has 0 saturated heterocycles. The molecule has 0 unspecified atom stereocenters. The second-order valence-corrected chi connectivity index (χ2v) is 4.67. The van der Waals surface area contributed by atoms with E-state index in [0.29, 0.717) is 12.1 Å². The van der Waals surface area contributed by atoms with Crippen LogP contribution in [0.1, 0.15) is 11.5 Å². The van der Waals surface area contributed by atoms with Crippen LogP contribution in [0.3, 0.4) is 0 Å². The van der Waals surface area contributed by atoms with Crippen LogP contribution in [0.5, 0.6) is 0 Å². The van der Waals surface area contributed by atoms with Crippen LogP contribution >= 0.6 is 0 Å². The van der Waals surface area contributed by atoms with Crippen molar-refractivity contribution in [1.82, 2.24) is 20.4 Å². The number of urea groups is 1. The highest BCUT2D eigenvalue weighted by atomic mass is 19.4. The Bertz CT molecular complexity index is 650. The molecule has 2 amide bonds. The second kappa shape index (κ2) is 6.04. The molecule has 0 atom stereocenters. The van der Waals surface area contributed by atoms with Crippen molar-refractivity contribution in [1.29, 1.82) is 0 Å². The van der Waals surface area contributed by atoms with Gasteiger partial charge in [0.2, 0.25) is 5.82 Å². The van der Waals surface area contributed by atoms with Gasteiger partial charge in [0.25, 0.3) is 0 Å². The zero-order valence-electron chi connectivity index (χ0n) is 11.8. The summed E-state index contributed by atoms with van der Waals surface area (Å²) < 4.78 is 41.3. The number of halogens is 3. The van der Waals surface area contributed by atoms with Crippen molar-refractivity contribution in [3.63, 3.8) is 0 Å². The average Bonchev–Trinajstić information content (AvgIpc) is 2.95. The standard InChI is InChI=1S/C13H13F3N4O2/c1-20(2)12(21)17-7-8-3-5-9(6-4-8)10-18-11(22-19-10)13(14,15)16/h3-6H,7H2,1-2H3,(H,17,21). The van der Waals surface area contributed by atoms with Gasteiger partial charge in [-0.1, -0.05) is 29.4 Å². The molecule has 1 heterocycles. The van der Waals surface area contributed by atoms with Crippen molar-refractivity contribution < 1.29 is 22.5 Å². The summed E-state index contributed by atoms with van der Waals surface area (Å²) in [6.07, 6.45) is -4.67. The fraction of sp³-hybridized carbons (Fsp3) is 0.308. The molecular weight excluding hydrogens is 301 g/mol. The van der Waals surface area contributed by atoms with Crippen molar-refractivity contribution in [2.24, 2.45) is 0 Å². The maximum absolute atomic E-state index is 12.4. The highest BCUT2D eigenvalue weighted by molar-refractivity contribution is 5.73. The molecule has 0 aliphatic carbocycles. The van der Waals surface area contributed by atoms with Crippen molar-refractivity contribution in [3.8, 4) is 11.4 Å².